The van der Waals surface area contributed by atoms with Crippen molar-refractivity contribution in [2.45, 2.75) is 19.1 Å². The van der Waals surface area contributed by atoms with Gasteiger partial charge in [-0.25, -0.2) is 4.79 Å². The lowest BCUT2D eigenvalue weighted by Crippen LogP contribution is -2.55. The molecule has 1 aliphatic heterocycles. The summed E-state index contributed by atoms with van der Waals surface area (Å²) in [5.74, 6) is -0.416. The molecule has 1 saturated heterocycles. The Balaban J connectivity index is 2.61. The third kappa shape index (κ3) is 3.35. The molecule has 1 rings (SSSR count). The van der Waals surface area contributed by atoms with E-state index in [1.165, 1.54) is 11.8 Å². The molecule has 1 aliphatic rings. The molecule has 3 N–H and O–H groups in total. The predicted octanol–water partition coefficient (Wildman–Crippen LogP) is -1.14. The second-order valence-corrected chi connectivity index (χ2v) is 3.61. The minimum Gasteiger partial charge on any atom is -0.465 e. The fraction of sp³-hybridized carbons (Fsp3) is 0.778. The number of carbonyl (C=O) groups excluding carboxylic acids is 1. The maximum absolute atomic E-state index is 11.9. The highest BCUT2D eigenvalue weighted by molar-refractivity contribution is 5.86. The van der Waals surface area contributed by atoms with Gasteiger partial charge in [-0.2, -0.15) is 0 Å². The van der Waals surface area contributed by atoms with Crippen LogP contribution in [0.4, 0.5) is 4.79 Å². The van der Waals surface area contributed by atoms with Gasteiger partial charge in [-0.1, -0.05) is 0 Å². The molecule has 1 fully saturated rings. The Kier molecular flexibility index (Phi) is 4.51. The first kappa shape index (κ1) is 12.7. The molecular weight excluding hydrogens is 216 g/mol. The first-order chi connectivity index (χ1) is 7.52. The van der Waals surface area contributed by atoms with E-state index in [1.54, 1.807) is 0 Å². The topological polar surface area (TPSA) is 99.1 Å². The highest BCUT2D eigenvalue weighted by atomic mass is 16.5. The Hall–Kier alpha value is -1.34. The second-order valence-electron chi connectivity index (χ2n) is 3.61. The van der Waals surface area contributed by atoms with Crippen LogP contribution in [0.5, 0.6) is 0 Å². The average molecular weight is 232 g/mol. The van der Waals surface area contributed by atoms with E-state index in [0.29, 0.717) is 26.3 Å². The fourth-order valence-corrected chi connectivity index (χ4v) is 1.50. The zero-order valence-corrected chi connectivity index (χ0v) is 9.05. The number of aliphatic hydroxyl groups excluding tert-OH is 1. The molecule has 2 atom stereocenters. The number of rotatable bonds is 3. The van der Waals surface area contributed by atoms with Crippen molar-refractivity contribution in [3.8, 4) is 0 Å². The molecule has 2 amide bonds. The summed E-state index contributed by atoms with van der Waals surface area (Å²) >= 11 is 0. The molecule has 7 heteroatoms. The largest absolute Gasteiger partial charge is 0.465 e. The summed E-state index contributed by atoms with van der Waals surface area (Å²) in [5, 5.41) is 19.9. The van der Waals surface area contributed by atoms with E-state index >= 15 is 0 Å². The van der Waals surface area contributed by atoms with Crippen LogP contribution in [0.2, 0.25) is 0 Å². The number of aliphatic hydroxyl groups is 1. The Morgan fingerprint density at radius 2 is 1.94 bits per heavy atom. The van der Waals surface area contributed by atoms with Crippen molar-refractivity contribution in [2.75, 3.05) is 26.3 Å². The van der Waals surface area contributed by atoms with Gasteiger partial charge in [0.15, 0.2) is 0 Å². The zero-order valence-electron chi connectivity index (χ0n) is 9.05. The van der Waals surface area contributed by atoms with E-state index in [1.807, 2.05) is 5.32 Å². The van der Waals surface area contributed by atoms with Crippen molar-refractivity contribution in [3.05, 3.63) is 0 Å². The van der Waals surface area contributed by atoms with Crippen molar-refractivity contribution in [1.82, 2.24) is 10.2 Å². The monoisotopic (exact) mass is 232 g/mol. The molecule has 0 spiro atoms. The van der Waals surface area contributed by atoms with E-state index in [2.05, 4.69) is 0 Å². The molecule has 0 aromatic heterocycles. The summed E-state index contributed by atoms with van der Waals surface area (Å²) in [5.41, 5.74) is 0. The van der Waals surface area contributed by atoms with Gasteiger partial charge >= 0.3 is 6.09 Å². The first-order valence-electron chi connectivity index (χ1n) is 5.06. The molecule has 2 unspecified atom stereocenters. The maximum Gasteiger partial charge on any atom is 0.405 e. The van der Waals surface area contributed by atoms with Gasteiger partial charge in [-0.3, -0.25) is 4.79 Å². The van der Waals surface area contributed by atoms with Crippen LogP contribution in [0.1, 0.15) is 6.92 Å². The van der Waals surface area contributed by atoms with E-state index in [0.717, 1.165) is 0 Å². The number of carboxylic acid groups (broad SMARTS) is 1. The first-order valence-corrected chi connectivity index (χ1v) is 5.06. The average Bonchev–Trinajstić information content (AvgIpc) is 2.25. The number of ether oxygens (including phenoxy) is 1. The van der Waals surface area contributed by atoms with Gasteiger partial charge in [0, 0.05) is 13.1 Å². The standard InChI is InChI=1S/C9H16N2O5/c1-6(12)7(10-9(14)15)8(13)11-2-4-16-5-3-11/h6-7,10,12H,2-5H2,1H3,(H,14,15). The van der Waals surface area contributed by atoms with Gasteiger partial charge in [0.1, 0.15) is 6.04 Å². The lowest BCUT2D eigenvalue weighted by atomic mass is 10.1. The van der Waals surface area contributed by atoms with Crippen molar-refractivity contribution in [2.24, 2.45) is 0 Å². The minimum atomic E-state index is -1.33. The third-order valence-electron chi connectivity index (χ3n) is 2.35. The molecule has 0 bridgehead atoms. The van der Waals surface area contributed by atoms with Crippen LogP contribution in [0.25, 0.3) is 0 Å². The van der Waals surface area contributed by atoms with Crippen molar-refractivity contribution < 1.29 is 24.5 Å². The zero-order chi connectivity index (χ0) is 12.1. The molecule has 1 heterocycles. The smallest absolute Gasteiger partial charge is 0.405 e. The molecule has 16 heavy (non-hydrogen) atoms. The summed E-state index contributed by atoms with van der Waals surface area (Å²) in [6.07, 6.45) is -2.39. The Morgan fingerprint density at radius 1 is 1.38 bits per heavy atom. The highest BCUT2D eigenvalue weighted by Crippen LogP contribution is 2.04. The minimum absolute atomic E-state index is 0.416. The number of amides is 2. The van der Waals surface area contributed by atoms with E-state index in [9.17, 15) is 14.7 Å². The summed E-state index contributed by atoms with van der Waals surface area (Å²) in [6.45, 7) is 3.09. The SMILES string of the molecule is CC(O)C(NC(=O)O)C(=O)N1CCOCC1. The van der Waals surface area contributed by atoms with E-state index in [-0.39, 0.29) is 0 Å². The van der Waals surface area contributed by atoms with Crippen LogP contribution in [-0.2, 0) is 9.53 Å². The molecule has 0 aromatic rings. The Labute approximate surface area is 93.0 Å². The number of carbonyl (C=O) groups is 2. The molecule has 7 nitrogen and oxygen atoms in total. The van der Waals surface area contributed by atoms with Gasteiger partial charge in [-0.15, -0.1) is 0 Å². The normalized spacial score (nSPS) is 20.0. The van der Waals surface area contributed by atoms with Crippen molar-refractivity contribution >= 4 is 12.0 Å². The highest BCUT2D eigenvalue weighted by Gasteiger charge is 2.30. The van der Waals surface area contributed by atoms with Gasteiger partial charge in [0.25, 0.3) is 0 Å². The third-order valence-corrected chi connectivity index (χ3v) is 2.35. The summed E-state index contributed by atoms with van der Waals surface area (Å²) in [4.78, 5) is 23.8. The summed E-state index contributed by atoms with van der Waals surface area (Å²) < 4.78 is 5.08. The van der Waals surface area contributed by atoms with Crippen LogP contribution in [-0.4, -0.2) is 65.6 Å². The molecule has 0 radical (unpaired) electrons. The maximum atomic E-state index is 11.9. The summed E-state index contributed by atoms with van der Waals surface area (Å²) in [6, 6.07) is -1.12. The van der Waals surface area contributed by atoms with Gasteiger partial charge in [-0.05, 0) is 6.92 Å². The van der Waals surface area contributed by atoms with Gasteiger partial charge in [0.05, 0.1) is 19.3 Å². The number of nitrogens with one attached hydrogen (secondary N) is 1. The number of morpholine rings is 1. The lowest BCUT2D eigenvalue weighted by Gasteiger charge is -2.31. The molecule has 0 aromatic carbocycles. The van der Waals surface area contributed by atoms with Crippen LogP contribution < -0.4 is 5.32 Å². The van der Waals surface area contributed by atoms with Crippen LogP contribution >= 0.6 is 0 Å². The summed E-state index contributed by atoms with van der Waals surface area (Å²) in [7, 11) is 0. The molecular formula is C9H16N2O5. The van der Waals surface area contributed by atoms with Gasteiger partial charge in [0.2, 0.25) is 5.91 Å². The predicted molar refractivity (Wildman–Crippen MR) is 54.0 cm³/mol. The fourth-order valence-electron chi connectivity index (χ4n) is 1.50. The number of hydrogen-bond donors (Lipinski definition) is 3. The number of hydrogen-bond acceptors (Lipinski definition) is 4. The second kappa shape index (κ2) is 5.66. The molecule has 0 aliphatic carbocycles. The van der Waals surface area contributed by atoms with Crippen LogP contribution in [0, 0.1) is 0 Å². The quantitative estimate of drug-likeness (QED) is 0.571. The number of nitrogens with zero attached hydrogens (tertiary/aromatic N) is 1. The Morgan fingerprint density at radius 3 is 2.38 bits per heavy atom. The van der Waals surface area contributed by atoms with Gasteiger partial charge < -0.3 is 25.2 Å². The molecule has 92 valence electrons. The van der Waals surface area contributed by atoms with Crippen LogP contribution in [0.15, 0.2) is 0 Å². The Bertz CT molecular complexity index is 263. The van der Waals surface area contributed by atoms with Crippen LogP contribution in [0.3, 0.4) is 0 Å². The van der Waals surface area contributed by atoms with E-state index < -0.39 is 24.1 Å². The van der Waals surface area contributed by atoms with E-state index in [4.69, 9.17) is 9.84 Å². The van der Waals surface area contributed by atoms with Crippen molar-refractivity contribution in [3.63, 3.8) is 0 Å². The lowest BCUT2D eigenvalue weighted by molar-refractivity contribution is -0.139. The molecule has 0 saturated carbocycles. The van der Waals surface area contributed by atoms with Crippen molar-refractivity contribution in [1.29, 1.82) is 0 Å².